The third-order valence-corrected chi connectivity index (χ3v) is 8.82. The van der Waals surface area contributed by atoms with Crippen LogP contribution in [-0.4, -0.2) is 76.5 Å². The summed E-state index contributed by atoms with van der Waals surface area (Å²) < 4.78 is 31.5. The van der Waals surface area contributed by atoms with Crippen LogP contribution < -0.4 is 0 Å². The first kappa shape index (κ1) is 23.5. The Labute approximate surface area is 197 Å². The molecule has 0 bridgehead atoms. The van der Waals surface area contributed by atoms with Crippen molar-refractivity contribution >= 4 is 39.1 Å². The Balaban J connectivity index is 1.51. The Morgan fingerprint density at radius 2 is 2.06 bits per heavy atom. The summed E-state index contributed by atoms with van der Waals surface area (Å²) in [5.41, 5.74) is 0.893. The molecule has 0 radical (unpaired) electrons. The zero-order valence-electron chi connectivity index (χ0n) is 17.9. The maximum absolute atomic E-state index is 12.9. The SMILES string of the molecule is CCN(C(=O)CSc1nnc(-c2ccc(Cl)cc2)n1C[C@@H]1CCCO1)[C@H]1CCS(=O)(=O)C1. The van der Waals surface area contributed by atoms with Crippen molar-refractivity contribution in [3.63, 3.8) is 0 Å². The van der Waals surface area contributed by atoms with Crippen molar-refractivity contribution in [3.8, 4) is 11.4 Å². The summed E-state index contributed by atoms with van der Waals surface area (Å²) in [4.78, 5) is 14.6. The highest BCUT2D eigenvalue weighted by molar-refractivity contribution is 7.99. The van der Waals surface area contributed by atoms with Crippen molar-refractivity contribution < 1.29 is 17.9 Å². The predicted octanol–water partition coefficient (Wildman–Crippen LogP) is 2.91. The molecule has 4 rings (SSSR count). The lowest BCUT2D eigenvalue weighted by atomic mass is 10.2. The summed E-state index contributed by atoms with van der Waals surface area (Å²) in [5.74, 6) is 0.997. The molecule has 2 atom stereocenters. The van der Waals surface area contributed by atoms with Crippen LogP contribution in [0.2, 0.25) is 5.02 Å². The number of benzene rings is 1. The molecule has 1 aromatic heterocycles. The smallest absolute Gasteiger partial charge is 0.233 e. The van der Waals surface area contributed by atoms with Gasteiger partial charge in [-0.25, -0.2) is 8.42 Å². The van der Waals surface area contributed by atoms with E-state index in [1.165, 1.54) is 11.8 Å². The third kappa shape index (κ3) is 5.47. The average Bonchev–Trinajstić information content (AvgIpc) is 3.49. The molecule has 3 heterocycles. The fraction of sp³-hybridized carbons (Fsp3) is 0.571. The molecular weight excluding hydrogens is 472 g/mol. The van der Waals surface area contributed by atoms with Gasteiger partial charge in [-0.2, -0.15) is 0 Å². The molecule has 0 N–H and O–H groups in total. The van der Waals surface area contributed by atoms with Gasteiger partial charge in [-0.15, -0.1) is 10.2 Å². The number of amides is 1. The minimum Gasteiger partial charge on any atom is -0.376 e. The molecule has 174 valence electrons. The van der Waals surface area contributed by atoms with E-state index in [4.69, 9.17) is 16.3 Å². The molecule has 8 nitrogen and oxygen atoms in total. The maximum Gasteiger partial charge on any atom is 0.233 e. The monoisotopic (exact) mass is 498 g/mol. The lowest BCUT2D eigenvalue weighted by molar-refractivity contribution is -0.129. The first-order valence-electron chi connectivity index (χ1n) is 10.8. The van der Waals surface area contributed by atoms with Crippen LogP contribution in [0.4, 0.5) is 0 Å². The second-order valence-electron chi connectivity index (χ2n) is 8.08. The van der Waals surface area contributed by atoms with Crippen molar-refractivity contribution in [2.45, 2.75) is 50.0 Å². The summed E-state index contributed by atoms with van der Waals surface area (Å²) in [6.45, 7) is 3.73. The number of nitrogens with zero attached hydrogens (tertiary/aromatic N) is 4. The Hall–Kier alpha value is -1.62. The van der Waals surface area contributed by atoms with Crippen molar-refractivity contribution in [3.05, 3.63) is 29.3 Å². The van der Waals surface area contributed by atoms with Crippen molar-refractivity contribution in [1.29, 1.82) is 0 Å². The zero-order valence-corrected chi connectivity index (χ0v) is 20.3. The van der Waals surface area contributed by atoms with Gasteiger partial charge in [-0.1, -0.05) is 23.4 Å². The Kier molecular flexibility index (Phi) is 7.44. The van der Waals surface area contributed by atoms with E-state index in [2.05, 4.69) is 10.2 Å². The molecule has 2 aliphatic rings. The van der Waals surface area contributed by atoms with Gasteiger partial charge >= 0.3 is 0 Å². The van der Waals surface area contributed by atoms with E-state index < -0.39 is 9.84 Å². The molecule has 32 heavy (non-hydrogen) atoms. The lowest BCUT2D eigenvalue weighted by Gasteiger charge is -2.26. The van der Waals surface area contributed by atoms with Crippen LogP contribution >= 0.6 is 23.4 Å². The van der Waals surface area contributed by atoms with E-state index >= 15 is 0 Å². The van der Waals surface area contributed by atoms with E-state index in [9.17, 15) is 13.2 Å². The number of hydrogen-bond acceptors (Lipinski definition) is 7. The average molecular weight is 499 g/mol. The van der Waals surface area contributed by atoms with Crippen LogP contribution in [0.5, 0.6) is 0 Å². The normalized spacial score (nSPS) is 22.3. The summed E-state index contributed by atoms with van der Waals surface area (Å²) in [6.07, 6.45) is 2.59. The van der Waals surface area contributed by atoms with Gasteiger partial charge < -0.3 is 9.64 Å². The number of carbonyl (C=O) groups excluding carboxylic acids is 1. The van der Waals surface area contributed by atoms with Crippen LogP contribution in [0, 0.1) is 0 Å². The van der Waals surface area contributed by atoms with E-state index in [1.807, 2.05) is 35.8 Å². The topological polar surface area (TPSA) is 94.4 Å². The third-order valence-electron chi connectivity index (χ3n) is 5.86. The minimum atomic E-state index is -3.05. The van der Waals surface area contributed by atoms with Crippen LogP contribution in [-0.2, 0) is 25.9 Å². The molecule has 0 spiro atoms. The maximum atomic E-state index is 12.9. The van der Waals surface area contributed by atoms with Crippen LogP contribution in [0.1, 0.15) is 26.2 Å². The Morgan fingerprint density at radius 1 is 1.28 bits per heavy atom. The Morgan fingerprint density at radius 3 is 2.69 bits per heavy atom. The predicted molar refractivity (Wildman–Crippen MR) is 125 cm³/mol. The van der Waals surface area contributed by atoms with E-state index in [0.29, 0.717) is 35.5 Å². The molecule has 0 unspecified atom stereocenters. The molecule has 11 heteroatoms. The number of aromatic nitrogens is 3. The summed E-state index contributed by atoms with van der Waals surface area (Å²) in [6, 6.07) is 7.18. The Bertz CT molecular complexity index is 1050. The zero-order chi connectivity index (χ0) is 22.7. The number of carbonyl (C=O) groups is 1. The first-order valence-corrected chi connectivity index (χ1v) is 14.0. The number of sulfone groups is 1. The van der Waals surface area contributed by atoms with Gasteiger partial charge in [0.05, 0.1) is 29.9 Å². The number of rotatable bonds is 8. The van der Waals surface area contributed by atoms with Crippen LogP contribution in [0.15, 0.2) is 29.4 Å². The van der Waals surface area contributed by atoms with E-state index in [-0.39, 0.29) is 35.3 Å². The molecule has 2 saturated heterocycles. The van der Waals surface area contributed by atoms with Crippen molar-refractivity contribution in [1.82, 2.24) is 19.7 Å². The highest BCUT2D eigenvalue weighted by Crippen LogP contribution is 2.28. The summed E-state index contributed by atoms with van der Waals surface area (Å²) >= 11 is 7.36. The summed E-state index contributed by atoms with van der Waals surface area (Å²) in [7, 11) is -3.05. The van der Waals surface area contributed by atoms with Gasteiger partial charge in [0.1, 0.15) is 0 Å². The number of hydrogen-bond donors (Lipinski definition) is 0. The molecule has 2 fully saturated rings. The number of halogens is 1. The molecule has 1 aromatic carbocycles. The quantitative estimate of drug-likeness (QED) is 0.516. The molecule has 0 saturated carbocycles. The number of thioether (sulfide) groups is 1. The van der Waals surface area contributed by atoms with Gasteiger partial charge in [0.2, 0.25) is 5.91 Å². The van der Waals surface area contributed by atoms with Crippen LogP contribution in [0.3, 0.4) is 0 Å². The fourth-order valence-electron chi connectivity index (χ4n) is 4.23. The van der Waals surface area contributed by atoms with Gasteiger partial charge in [-0.05, 0) is 50.5 Å². The fourth-order valence-corrected chi connectivity index (χ4v) is 6.92. The van der Waals surface area contributed by atoms with Crippen molar-refractivity contribution in [2.24, 2.45) is 0 Å². The summed E-state index contributed by atoms with van der Waals surface area (Å²) in [5, 5.41) is 10.0. The number of ether oxygens (including phenoxy) is 1. The lowest BCUT2D eigenvalue weighted by Crippen LogP contribution is -2.42. The largest absolute Gasteiger partial charge is 0.376 e. The highest BCUT2D eigenvalue weighted by Gasteiger charge is 2.34. The van der Waals surface area contributed by atoms with Crippen LogP contribution in [0.25, 0.3) is 11.4 Å². The van der Waals surface area contributed by atoms with Gasteiger partial charge in [0, 0.05) is 29.8 Å². The second kappa shape index (κ2) is 10.1. The molecule has 2 aromatic rings. The molecular formula is C21H27ClN4O4S2. The standard InChI is InChI=1S/C21H27ClN4O4S2/c1-2-25(17-9-11-32(28,29)14-17)19(27)13-31-21-24-23-20(15-5-7-16(22)8-6-15)26(21)12-18-4-3-10-30-18/h5-8,17-18H,2-4,9-14H2,1H3/t17-,18-/m0/s1. The second-order valence-corrected chi connectivity index (χ2v) is 11.7. The van der Waals surface area contributed by atoms with Crippen molar-refractivity contribution in [2.75, 3.05) is 30.4 Å². The van der Waals surface area contributed by atoms with Gasteiger partial charge in [-0.3, -0.25) is 9.36 Å². The molecule has 2 aliphatic heterocycles. The first-order chi connectivity index (χ1) is 15.4. The highest BCUT2D eigenvalue weighted by atomic mass is 35.5. The van der Waals surface area contributed by atoms with E-state index in [1.54, 1.807) is 4.90 Å². The minimum absolute atomic E-state index is 0.0488. The molecule has 1 amide bonds. The van der Waals surface area contributed by atoms with E-state index in [0.717, 1.165) is 25.0 Å². The van der Waals surface area contributed by atoms with Gasteiger partial charge in [0.15, 0.2) is 20.8 Å². The van der Waals surface area contributed by atoms with Gasteiger partial charge in [0.25, 0.3) is 0 Å². The molecule has 0 aliphatic carbocycles.